The molecule has 2 aliphatic rings. The van der Waals surface area contributed by atoms with Crippen molar-refractivity contribution in [2.75, 3.05) is 13.1 Å². The first-order valence-electron chi connectivity index (χ1n) is 12.7. The van der Waals surface area contributed by atoms with Crippen LogP contribution in [0.3, 0.4) is 0 Å². The molecule has 36 heavy (non-hydrogen) atoms. The maximum atomic E-state index is 12.8. The Labute approximate surface area is 211 Å². The zero-order valence-corrected chi connectivity index (χ0v) is 20.3. The van der Waals surface area contributed by atoms with E-state index in [2.05, 4.69) is 15.3 Å². The summed E-state index contributed by atoms with van der Waals surface area (Å²) < 4.78 is 11.9. The van der Waals surface area contributed by atoms with Crippen LogP contribution < -0.4 is 14.8 Å². The van der Waals surface area contributed by atoms with Crippen LogP contribution in [0.25, 0.3) is 0 Å². The lowest BCUT2D eigenvalue weighted by atomic mass is 10.0. The number of carbonyl (C=O) groups excluding carboxylic acids is 2. The average Bonchev–Trinajstić information content (AvgIpc) is 3.61. The number of hydrogen-bond acceptors (Lipinski definition) is 7. The lowest BCUT2D eigenvalue weighted by Gasteiger charge is -2.13. The average molecular weight is 486 g/mol. The molecule has 0 unspecified atom stereocenters. The molecule has 0 spiro atoms. The van der Waals surface area contributed by atoms with E-state index in [1.807, 2.05) is 48.5 Å². The van der Waals surface area contributed by atoms with Crippen molar-refractivity contribution in [2.45, 2.75) is 57.2 Å². The number of benzene rings is 2. The van der Waals surface area contributed by atoms with Crippen LogP contribution in [0.5, 0.6) is 11.5 Å². The largest absolute Gasteiger partial charge is 0.490 e. The van der Waals surface area contributed by atoms with Gasteiger partial charge in [-0.2, -0.15) is 0 Å². The van der Waals surface area contributed by atoms with Gasteiger partial charge in [-0.15, -0.1) is 0 Å². The number of nitrogens with one attached hydrogen (secondary N) is 1. The van der Waals surface area contributed by atoms with E-state index in [1.165, 1.54) is 25.2 Å². The normalized spacial score (nSPS) is 17.7. The number of rotatable bonds is 10. The lowest BCUT2D eigenvalue weighted by molar-refractivity contribution is 0.0987. The van der Waals surface area contributed by atoms with Crippen LogP contribution in [0, 0.1) is 0 Å². The molecule has 186 valence electrons. The third-order valence-corrected chi connectivity index (χ3v) is 6.74. The number of aromatic nitrogens is 2. The molecule has 0 bridgehead atoms. The highest BCUT2D eigenvalue weighted by molar-refractivity contribution is 6.00. The van der Waals surface area contributed by atoms with Gasteiger partial charge in [-0.25, -0.2) is 9.97 Å². The first-order valence-corrected chi connectivity index (χ1v) is 12.7. The van der Waals surface area contributed by atoms with Crippen LogP contribution in [0.1, 0.15) is 64.2 Å². The molecule has 7 nitrogen and oxygen atoms in total. The topological polar surface area (TPSA) is 90.4 Å². The van der Waals surface area contributed by atoms with Gasteiger partial charge in [0.25, 0.3) is 0 Å². The summed E-state index contributed by atoms with van der Waals surface area (Å²) in [6, 6.07) is 16.7. The molecule has 2 heterocycles. The van der Waals surface area contributed by atoms with Crippen molar-refractivity contribution in [3.05, 3.63) is 83.4 Å². The van der Waals surface area contributed by atoms with Crippen LogP contribution in [-0.4, -0.2) is 46.8 Å². The molecule has 2 aromatic carbocycles. The molecule has 1 aliphatic carbocycles. The first-order chi connectivity index (χ1) is 17.6. The SMILES string of the molecule is O=C(Cc1ccc(OC2CCCC2)cc1)c1cc(C(=O)Cc2ccc(O[C@H]3CCNC3)cc2)ncn1. The molecule has 1 aliphatic heterocycles. The highest BCUT2D eigenvalue weighted by Crippen LogP contribution is 2.24. The summed E-state index contributed by atoms with van der Waals surface area (Å²) in [7, 11) is 0. The number of nitrogens with zero attached hydrogens (tertiary/aromatic N) is 2. The van der Waals surface area contributed by atoms with Crippen molar-refractivity contribution >= 4 is 11.6 Å². The zero-order chi connectivity index (χ0) is 24.7. The smallest absolute Gasteiger partial charge is 0.185 e. The summed E-state index contributed by atoms with van der Waals surface area (Å²) in [5, 5.41) is 3.28. The molecule has 1 atom stereocenters. The molecule has 0 radical (unpaired) electrons. The molecule has 1 N–H and O–H groups in total. The van der Waals surface area contributed by atoms with E-state index in [9.17, 15) is 9.59 Å². The minimum Gasteiger partial charge on any atom is -0.490 e. The van der Waals surface area contributed by atoms with E-state index in [0.29, 0.717) is 6.10 Å². The summed E-state index contributed by atoms with van der Waals surface area (Å²) in [5.74, 6) is 1.32. The van der Waals surface area contributed by atoms with E-state index < -0.39 is 0 Å². The summed E-state index contributed by atoms with van der Waals surface area (Å²) >= 11 is 0. The number of Topliss-reactive ketones (excluding diaryl/α,β-unsaturated/α-hetero) is 2. The highest BCUT2D eigenvalue weighted by Gasteiger charge is 2.18. The first kappa shape index (κ1) is 24.1. The van der Waals surface area contributed by atoms with Crippen LogP contribution in [0.2, 0.25) is 0 Å². The second kappa shape index (κ2) is 11.4. The van der Waals surface area contributed by atoms with Crippen LogP contribution in [-0.2, 0) is 12.8 Å². The summed E-state index contributed by atoms with van der Waals surface area (Å²) in [5.41, 5.74) is 2.23. The van der Waals surface area contributed by atoms with E-state index in [1.54, 1.807) is 0 Å². The standard InChI is InChI=1S/C29H31N3O4/c33-28(15-20-5-9-23(10-6-20)35-22-3-1-2-4-22)26-17-27(32-19-31-26)29(34)16-21-7-11-24(12-8-21)36-25-13-14-30-18-25/h5-12,17,19,22,25,30H,1-4,13-16,18H2/t25-/m0/s1. The Morgan fingerprint density at radius 3 is 1.78 bits per heavy atom. The third-order valence-electron chi connectivity index (χ3n) is 6.74. The van der Waals surface area contributed by atoms with Gasteiger partial charge in [0.15, 0.2) is 11.6 Å². The molecule has 3 aromatic rings. The fourth-order valence-electron chi connectivity index (χ4n) is 4.71. The number of carbonyl (C=O) groups is 2. The molecule has 1 saturated carbocycles. The Bertz CT molecular complexity index is 1090. The second-order valence-corrected chi connectivity index (χ2v) is 9.53. The molecule has 2 fully saturated rings. The van der Waals surface area contributed by atoms with Crippen molar-refractivity contribution in [3.8, 4) is 11.5 Å². The summed E-state index contributed by atoms with van der Waals surface area (Å²) in [6.45, 7) is 1.83. The molecule has 1 aromatic heterocycles. The minimum atomic E-state index is -0.159. The van der Waals surface area contributed by atoms with Crippen LogP contribution >= 0.6 is 0 Å². The number of ketones is 2. The van der Waals surface area contributed by atoms with Crippen molar-refractivity contribution < 1.29 is 19.1 Å². The Hall–Kier alpha value is -3.58. The monoisotopic (exact) mass is 485 g/mol. The van der Waals surface area contributed by atoms with Gasteiger partial charge in [0, 0.05) is 19.4 Å². The second-order valence-electron chi connectivity index (χ2n) is 9.53. The van der Waals surface area contributed by atoms with Gasteiger partial charge in [-0.05, 0) is 80.1 Å². The molecule has 7 heteroatoms. The van der Waals surface area contributed by atoms with Crippen molar-refractivity contribution in [2.24, 2.45) is 0 Å². The Morgan fingerprint density at radius 2 is 1.28 bits per heavy atom. The van der Waals surface area contributed by atoms with E-state index in [4.69, 9.17) is 9.47 Å². The van der Waals surface area contributed by atoms with E-state index in [0.717, 1.165) is 55.0 Å². The molecule has 0 amide bonds. The number of hydrogen-bond donors (Lipinski definition) is 1. The lowest BCUT2D eigenvalue weighted by Crippen LogP contribution is -2.19. The Kier molecular flexibility index (Phi) is 7.67. The Balaban J connectivity index is 1.16. The van der Waals surface area contributed by atoms with Crippen molar-refractivity contribution in [1.82, 2.24) is 15.3 Å². The summed E-state index contributed by atoms with van der Waals surface area (Å²) in [6.07, 6.45) is 7.82. The predicted molar refractivity (Wildman–Crippen MR) is 136 cm³/mol. The molecule has 1 saturated heterocycles. The third kappa shape index (κ3) is 6.34. The minimum absolute atomic E-state index is 0.154. The van der Waals surface area contributed by atoms with Gasteiger partial charge in [0.2, 0.25) is 0 Å². The fraction of sp³-hybridized carbons (Fsp3) is 0.379. The molecule has 5 rings (SSSR count). The molecular formula is C29H31N3O4. The van der Waals surface area contributed by atoms with Crippen molar-refractivity contribution in [3.63, 3.8) is 0 Å². The highest BCUT2D eigenvalue weighted by atomic mass is 16.5. The fourth-order valence-corrected chi connectivity index (χ4v) is 4.71. The van der Waals surface area contributed by atoms with E-state index >= 15 is 0 Å². The Morgan fingerprint density at radius 1 is 0.750 bits per heavy atom. The quantitative estimate of drug-likeness (QED) is 0.426. The van der Waals surface area contributed by atoms with Crippen LogP contribution in [0.4, 0.5) is 0 Å². The molecular weight excluding hydrogens is 454 g/mol. The van der Waals surface area contributed by atoms with Crippen molar-refractivity contribution in [1.29, 1.82) is 0 Å². The van der Waals surface area contributed by atoms with Gasteiger partial charge in [-0.1, -0.05) is 24.3 Å². The van der Waals surface area contributed by atoms with Gasteiger partial charge in [0.05, 0.1) is 6.10 Å². The van der Waals surface area contributed by atoms with Gasteiger partial charge < -0.3 is 14.8 Å². The van der Waals surface area contributed by atoms with E-state index in [-0.39, 0.29) is 41.9 Å². The number of ether oxygens (including phenoxy) is 2. The van der Waals surface area contributed by atoms with Gasteiger partial charge in [-0.3, -0.25) is 9.59 Å². The van der Waals surface area contributed by atoms with Crippen LogP contribution in [0.15, 0.2) is 60.9 Å². The van der Waals surface area contributed by atoms with Gasteiger partial charge in [0.1, 0.15) is 35.3 Å². The maximum Gasteiger partial charge on any atom is 0.185 e. The van der Waals surface area contributed by atoms with Gasteiger partial charge >= 0.3 is 0 Å². The zero-order valence-electron chi connectivity index (χ0n) is 20.3. The summed E-state index contributed by atoms with van der Waals surface area (Å²) in [4.78, 5) is 33.9. The predicted octanol–water partition coefficient (Wildman–Crippen LogP) is 4.39. The maximum absolute atomic E-state index is 12.8.